The fraction of sp³-hybridized carbons (Fsp3) is 0.429. The van der Waals surface area contributed by atoms with Gasteiger partial charge in [-0.25, -0.2) is 0 Å². The van der Waals surface area contributed by atoms with Crippen LogP contribution in [0.15, 0.2) is 36.5 Å². The van der Waals surface area contributed by atoms with E-state index in [9.17, 15) is 4.79 Å². The summed E-state index contributed by atoms with van der Waals surface area (Å²) in [6.45, 7) is 6.26. The number of aryl methyl sites for hydroxylation is 2. The summed E-state index contributed by atoms with van der Waals surface area (Å²) in [6.07, 6.45) is 3.85. The van der Waals surface area contributed by atoms with Gasteiger partial charge in [-0.1, -0.05) is 23.7 Å². The zero-order chi connectivity index (χ0) is 18.3. The number of piperazine rings is 1. The van der Waals surface area contributed by atoms with Crippen molar-refractivity contribution in [2.75, 3.05) is 19.6 Å². The third kappa shape index (κ3) is 3.12. The van der Waals surface area contributed by atoms with Crippen molar-refractivity contribution in [2.45, 2.75) is 38.8 Å². The number of amides is 1. The molecule has 4 nitrogen and oxygen atoms in total. The molecule has 1 aliphatic heterocycles. The molecule has 1 fully saturated rings. The normalized spacial score (nSPS) is 23.1. The Bertz CT molecular complexity index is 838. The molecule has 2 aliphatic rings. The van der Waals surface area contributed by atoms with E-state index in [1.807, 2.05) is 23.2 Å². The smallest absolute Gasteiger partial charge is 0.219 e. The van der Waals surface area contributed by atoms with Gasteiger partial charge in [-0.3, -0.25) is 14.7 Å². The largest absolute Gasteiger partial charge is 0.338 e. The Kier molecular flexibility index (Phi) is 4.72. The third-order valence-corrected chi connectivity index (χ3v) is 5.91. The predicted octanol–water partition coefficient (Wildman–Crippen LogP) is 3.48. The van der Waals surface area contributed by atoms with E-state index in [2.05, 4.69) is 30.0 Å². The predicted molar refractivity (Wildman–Crippen MR) is 103 cm³/mol. The molecule has 26 heavy (non-hydrogen) atoms. The van der Waals surface area contributed by atoms with Crippen molar-refractivity contribution in [1.82, 2.24) is 14.8 Å². The van der Waals surface area contributed by atoms with Crippen LogP contribution in [-0.4, -0.2) is 46.4 Å². The molecular formula is C21H24ClN3O. The second-order valence-corrected chi connectivity index (χ2v) is 7.79. The molecule has 1 aliphatic carbocycles. The number of hydrogen-bond acceptors (Lipinski definition) is 3. The number of benzene rings is 1. The van der Waals surface area contributed by atoms with Gasteiger partial charge in [0.25, 0.3) is 0 Å². The molecule has 4 rings (SSSR count). The van der Waals surface area contributed by atoms with E-state index in [1.54, 1.807) is 6.92 Å². The number of halogens is 1. The van der Waals surface area contributed by atoms with Crippen LogP contribution in [0.4, 0.5) is 0 Å². The number of pyridine rings is 1. The van der Waals surface area contributed by atoms with E-state index in [4.69, 9.17) is 16.6 Å². The standard InChI is InChI=1S/C21H24ClN3O/c1-14-13-24(10-11-25(14)15(2)26)21-19-8-7-18(22)12-17(19)6-5-16-4-3-9-23-20(16)21/h3-4,7-9,12,14,21H,5-6,10-11,13H2,1-2H3/t14-,21?/m0/s1. The van der Waals surface area contributed by atoms with Gasteiger partial charge in [-0.15, -0.1) is 0 Å². The molecule has 0 spiro atoms. The van der Waals surface area contributed by atoms with Crippen molar-refractivity contribution < 1.29 is 4.79 Å². The number of rotatable bonds is 1. The van der Waals surface area contributed by atoms with Gasteiger partial charge in [0.15, 0.2) is 0 Å². The molecule has 2 heterocycles. The van der Waals surface area contributed by atoms with Gasteiger partial charge in [0.05, 0.1) is 11.7 Å². The molecule has 1 amide bonds. The zero-order valence-corrected chi connectivity index (χ0v) is 16.0. The molecule has 0 bridgehead atoms. The lowest BCUT2D eigenvalue weighted by atomic mass is 9.95. The topological polar surface area (TPSA) is 36.4 Å². The maximum atomic E-state index is 11.9. The molecule has 0 N–H and O–H groups in total. The van der Waals surface area contributed by atoms with Gasteiger partial charge >= 0.3 is 0 Å². The summed E-state index contributed by atoms with van der Waals surface area (Å²) in [5.74, 6) is 0.156. The van der Waals surface area contributed by atoms with Crippen LogP contribution in [0.25, 0.3) is 0 Å². The minimum Gasteiger partial charge on any atom is -0.338 e. The van der Waals surface area contributed by atoms with E-state index < -0.39 is 0 Å². The molecule has 0 saturated carbocycles. The lowest BCUT2D eigenvalue weighted by Crippen LogP contribution is -2.54. The second-order valence-electron chi connectivity index (χ2n) is 7.35. The van der Waals surface area contributed by atoms with Crippen molar-refractivity contribution in [3.05, 3.63) is 63.9 Å². The SMILES string of the molecule is CC(=O)N1CCN(C2c3ccc(Cl)cc3CCc3cccnc32)C[C@@H]1C. The van der Waals surface area contributed by atoms with Crippen LogP contribution in [-0.2, 0) is 17.6 Å². The van der Waals surface area contributed by atoms with Crippen LogP contribution in [0, 0.1) is 0 Å². The average Bonchev–Trinajstić information content (AvgIpc) is 2.78. The van der Waals surface area contributed by atoms with Gasteiger partial charge in [0, 0.05) is 43.8 Å². The van der Waals surface area contributed by atoms with Crippen LogP contribution in [0.1, 0.15) is 42.3 Å². The van der Waals surface area contributed by atoms with Gasteiger partial charge in [0.1, 0.15) is 0 Å². The Morgan fingerprint density at radius 3 is 2.77 bits per heavy atom. The molecule has 1 unspecified atom stereocenters. The number of nitrogens with zero attached hydrogens (tertiary/aromatic N) is 3. The number of carbonyl (C=O) groups is 1. The Morgan fingerprint density at radius 1 is 1.19 bits per heavy atom. The minimum atomic E-state index is 0.123. The van der Waals surface area contributed by atoms with Crippen LogP contribution in [0.2, 0.25) is 5.02 Å². The van der Waals surface area contributed by atoms with Crippen LogP contribution >= 0.6 is 11.6 Å². The molecule has 2 atom stereocenters. The maximum Gasteiger partial charge on any atom is 0.219 e. The molecule has 1 aromatic carbocycles. The number of carbonyl (C=O) groups excluding carboxylic acids is 1. The molecule has 0 radical (unpaired) electrons. The summed E-state index contributed by atoms with van der Waals surface area (Å²) >= 11 is 6.28. The number of fused-ring (bicyclic) bond motifs is 2. The highest BCUT2D eigenvalue weighted by molar-refractivity contribution is 6.30. The van der Waals surface area contributed by atoms with Gasteiger partial charge in [0.2, 0.25) is 5.91 Å². The molecule has 2 aromatic rings. The monoisotopic (exact) mass is 369 g/mol. The van der Waals surface area contributed by atoms with E-state index >= 15 is 0 Å². The molecular weight excluding hydrogens is 346 g/mol. The van der Waals surface area contributed by atoms with Crippen LogP contribution in [0.5, 0.6) is 0 Å². The lowest BCUT2D eigenvalue weighted by Gasteiger charge is -2.43. The van der Waals surface area contributed by atoms with Crippen molar-refractivity contribution in [2.24, 2.45) is 0 Å². The second kappa shape index (κ2) is 7.01. The number of aromatic nitrogens is 1. The maximum absolute atomic E-state index is 11.9. The van der Waals surface area contributed by atoms with Crippen LogP contribution < -0.4 is 0 Å². The number of hydrogen-bond donors (Lipinski definition) is 0. The summed E-state index contributed by atoms with van der Waals surface area (Å²) in [6, 6.07) is 10.8. The van der Waals surface area contributed by atoms with E-state index in [-0.39, 0.29) is 18.0 Å². The van der Waals surface area contributed by atoms with Crippen molar-refractivity contribution in [1.29, 1.82) is 0 Å². The highest BCUT2D eigenvalue weighted by Crippen LogP contribution is 2.37. The van der Waals surface area contributed by atoms with E-state index in [0.717, 1.165) is 43.2 Å². The first kappa shape index (κ1) is 17.5. The van der Waals surface area contributed by atoms with Gasteiger partial charge in [-0.2, -0.15) is 0 Å². The fourth-order valence-corrected chi connectivity index (χ4v) is 4.64. The summed E-state index contributed by atoms with van der Waals surface area (Å²) < 4.78 is 0. The Morgan fingerprint density at radius 2 is 2.00 bits per heavy atom. The Labute approximate surface area is 159 Å². The van der Waals surface area contributed by atoms with Crippen LogP contribution in [0.3, 0.4) is 0 Å². The highest BCUT2D eigenvalue weighted by Gasteiger charge is 2.34. The third-order valence-electron chi connectivity index (χ3n) is 5.68. The first-order valence-electron chi connectivity index (χ1n) is 9.28. The summed E-state index contributed by atoms with van der Waals surface area (Å²) in [5.41, 5.74) is 5.07. The summed E-state index contributed by atoms with van der Waals surface area (Å²) in [5, 5.41) is 0.788. The molecule has 1 saturated heterocycles. The zero-order valence-electron chi connectivity index (χ0n) is 15.3. The van der Waals surface area contributed by atoms with E-state index in [1.165, 1.54) is 16.7 Å². The quantitative estimate of drug-likeness (QED) is 0.772. The Balaban J connectivity index is 1.76. The van der Waals surface area contributed by atoms with Gasteiger partial charge in [-0.05, 0) is 54.7 Å². The molecule has 1 aromatic heterocycles. The molecule has 5 heteroatoms. The average molecular weight is 370 g/mol. The summed E-state index contributed by atoms with van der Waals surface area (Å²) in [7, 11) is 0. The fourth-order valence-electron chi connectivity index (χ4n) is 4.44. The summed E-state index contributed by atoms with van der Waals surface area (Å²) in [4.78, 5) is 21.1. The minimum absolute atomic E-state index is 0.123. The first-order valence-corrected chi connectivity index (χ1v) is 9.65. The van der Waals surface area contributed by atoms with Crippen molar-refractivity contribution >= 4 is 17.5 Å². The van der Waals surface area contributed by atoms with E-state index in [0.29, 0.717) is 0 Å². The first-order chi connectivity index (χ1) is 12.5. The van der Waals surface area contributed by atoms with Crippen molar-refractivity contribution in [3.63, 3.8) is 0 Å². The van der Waals surface area contributed by atoms with Gasteiger partial charge < -0.3 is 4.90 Å². The Hall–Kier alpha value is -1.91. The lowest BCUT2D eigenvalue weighted by molar-refractivity contribution is -0.133. The van der Waals surface area contributed by atoms with Crippen molar-refractivity contribution in [3.8, 4) is 0 Å². The molecule has 136 valence electrons. The highest BCUT2D eigenvalue weighted by atomic mass is 35.5.